The number of hydrogen-bond donors (Lipinski definition) is 5. The van der Waals surface area contributed by atoms with E-state index in [-0.39, 0.29) is 22.7 Å². The summed E-state index contributed by atoms with van der Waals surface area (Å²) in [7, 11) is 0. The summed E-state index contributed by atoms with van der Waals surface area (Å²) in [5.74, 6) is 2.80. The summed E-state index contributed by atoms with van der Waals surface area (Å²) in [6, 6.07) is 33.9. The number of hydrogen-bond acceptors (Lipinski definition) is 8. The number of nitrogens with two attached hydrogens (primary N) is 3. The van der Waals surface area contributed by atoms with Crippen LogP contribution in [0.15, 0.2) is 148 Å². The van der Waals surface area contributed by atoms with Gasteiger partial charge in [0.05, 0.1) is 5.56 Å². The topological polar surface area (TPSA) is 130 Å². The van der Waals surface area contributed by atoms with Gasteiger partial charge in [0.25, 0.3) is 0 Å². The predicted octanol–water partition coefficient (Wildman–Crippen LogP) is 12.4. The third-order valence-electron chi connectivity index (χ3n) is 12.5. The Labute approximate surface area is 387 Å². The van der Waals surface area contributed by atoms with Crippen LogP contribution in [0.2, 0.25) is 0 Å². The van der Waals surface area contributed by atoms with Crippen LogP contribution in [0, 0.1) is 5.92 Å². The summed E-state index contributed by atoms with van der Waals surface area (Å²) < 4.78 is 14.8. The Morgan fingerprint density at radius 3 is 2.17 bits per heavy atom. The number of unbranched alkanes of at least 4 members (excludes halogenated alkanes) is 2. The molecule has 1 unspecified atom stereocenters. The summed E-state index contributed by atoms with van der Waals surface area (Å²) >= 11 is 7.13. The van der Waals surface area contributed by atoms with E-state index < -0.39 is 0 Å². The number of amides is 1. The number of anilines is 2. The highest BCUT2D eigenvalue weighted by Crippen LogP contribution is 2.52. The number of allylic oxidation sites excluding steroid dienone is 7. The Morgan fingerprint density at radius 1 is 0.825 bits per heavy atom. The Hall–Kier alpha value is -4.71. The zero-order valence-electron chi connectivity index (χ0n) is 36.9. The van der Waals surface area contributed by atoms with Crippen molar-refractivity contribution in [2.24, 2.45) is 17.4 Å². The van der Waals surface area contributed by atoms with Gasteiger partial charge in [-0.3, -0.25) is 4.79 Å². The maximum absolute atomic E-state index is 13.1. The van der Waals surface area contributed by atoms with Crippen molar-refractivity contribution in [2.75, 3.05) is 35.2 Å². The summed E-state index contributed by atoms with van der Waals surface area (Å²) in [5.41, 5.74) is 24.7. The molecule has 8 rings (SSSR count). The standard InChI is InChI=1S/C49H49N3O2S2.C4H11NOS/c1-48(2)42(52(27-9-10-28-55)40-23-15-31-11-5-7-13-38(31)44(40)48)25-17-33-29-35(47(51)53)30-34(46(33)56-37-21-19-36(50)20-22-37)18-26-43-49(3,4)45-39-14-8-6-12-32(39)16-24-41(45)54-43;5-3-1-2-4-7-6/h5-8,11-26,35H,9-10,27-30,50H2,1-4H3,(H2-,51,53,55);6H,1-5H2/p+1/b26-18+,33-17+,42-25+;. The molecule has 1 atom stereocenters. The number of rotatable bonds is 14. The van der Waals surface area contributed by atoms with Crippen LogP contribution in [0.1, 0.15) is 77.3 Å². The van der Waals surface area contributed by atoms with E-state index in [1.54, 1.807) is 11.8 Å². The summed E-state index contributed by atoms with van der Waals surface area (Å²) in [5, 5.41) is 4.93. The van der Waals surface area contributed by atoms with Crippen molar-refractivity contribution >= 4 is 81.0 Å². The number of ketones is 1. The van der Waals surface area contributed by atoms with Crippen LogP contribution >= 0.6 is 36.4 Å². The molecular weight excluding hydrogens is 837 g/mol. The molecule has 3 aliphatic rings. The number of benzene rings is 5. The maximum atomic E-state index is 13.1. The molecule has 5 aromatic carbocycles. The second kappa shape index (κ2) is 20.4. The zero-order valence-corrected chi connectivity index (χ0v) is 39.4. The van der Waals surface area contributed by atoms with E-state index in [1.165, 1.54) is 44.1 Å². The highest BCUT2D eigenvalue weighted by atomic mass is 32.2. The smallest absolute Gasteiger partial charge is 0.358 e. The van der Waals surface area contributed by atoms with Gasteiger partial charge in [-0.05, 0) is 164 Å². The molecule has 7 N–H and O–H groups in total. The van der Waals surface area contributed by atoms with Crippen molar-refractivity contribution < 1.29 is 13.8 Å². The first kappa shape index (κ1) is 46.3. The molecule has 0 bridgehead atoms. The number of primary amides is 1. The molecule has 0 fully saturated rings. The van der Waals surface area contributed by atoms with Gasteiger partial charge in [-0.2, -0.15) is 12.6 Å². The monoisotopic (exact) mass is 897 g/mol. The number of thiol groups is 1. The zero-order chi connectivity index (χ0) is 44.7. The van der Waals surface area contributed by atoms with Crippen LogP contribution in [-0.2, 0) is 20.0 Å². The largest absolute Gasteiger partial charge is 0.399 e. The van der Waals surface area contributed by atoms with Crippen molar-refractivity contribution in [3.63, 3.8) is 0 Å². The first-order valence-electron chi connectivity index (χ1n) is 22.0. The number of thioether (sulfide) groups is 1. The second-order valence-corrected chi connectivity index (χ2v) is 19.8. The first-order valence-corrected chi connectivity index (χ1v) is 24.4. The summed E-state index contributed by atoms with van der Waals surface area (Å²) in [4.78, 5) is 17.8. The van der Waals surface area contributed by atoms with E-state index in [0.29, 0.717) is 12.8 Å². The van der Waals surface area contributed by atoms with E-state index in [9.17, 15) is 4.79 Å². The predicted molar refractivity (Wildman–Crippen MR) is 273 cm³/mol. The lowest BCUT2D eigenvalue weighted by Crippen LogP contribution is -2.28. The number of nitrogens with zero attached hydrogens (tertiary/aromatic N) is 1. The van der Waals surface area contributed by atoms with Crippen molar-refractivity contribution in [1.82, 2.24) is 0 Å². The van der Waals surface area contributed by atoms with Crippen LogP contribution in [0.4, 0.5) is 11.4 Å². The average molecular weight is 898 g/mol. The van der Waals surface area contributed by atoms with Gasteiger partial charge in [-0.1, -0.05) is 86.3 Å². The van der Waals surface area contributed by atoms with E-state index in [0.717, 1.165) is 100 Å². The molecule has 328 valence electrons. The van der Waals surface area contributed by atoms with Crippen molar-refractivity contribution in [3.05, 3.63) is 154 Å². The first-order chi connectivity index (χ1) is 30.4. The Balaban J connectivity index is 0.000000785. The molecule has 2 heterocycles. The van der Waals surface area contributed by atoms with Gasteiger partial charge in [-0.15, -0.1) is 0 Å². The molecule has 7 nitrogen and oxygen atoms in total. The molecule has 0 spiro atoms. The fourth-order valence-corrected chi connectivity index (χ4v) is 10.8. The molecule has 0 radical (unpaired) electrons. The third kappa shape index (κ3) is 10.0. The highest BCUT2D eigenvalue weighted by Gasteiger charge is 2.47. The number of carbonyl (C=O) groups excluding carboxylic acids is 2. The lowest BCUT2D eigenvalue weighted by molar-refractivity contribution is -0.362. The van der Waals surface area contributed by atoms with Crippen LogP contribution in [0.25, 0.3) is 21.5 Å². The van der Waals surface area contributed by atoms with Gasteiger partial charge >= 0.3 is 11.5 Å². The van der Waals surface area contributed by atoms with Crippen LogP contribution < -0.4 is 22.1 Å². The van der Waals surface area contributed by atoms with Gasteiger partial charge in [0.1, 0.15) is 5.41 Å². The Kier molecular flexibility index (Phi) is 15.0. The van der Waals surface area contributed by atoms with Gasteiger partial charge in [-0.25, -0.2) is 4.42 Å². The minimum absolute atomic E-state index is 0.260. The molecule has 0 aromatic heterocycles. The van der Waals surface area contributed by atoms with E-state index >= 15 is 0 Å². The third-order valence-corrected chi connectivity index (χ3v) is 14.5. The lowest BCUT2D eigenvalue weighted by Gasteiger charge is -2.29. The number of nitrogen functional groups attached to an aromatic ring is 1. The fourth-order valence-electron chi connectivity index (χ4n) is 9.19. The summed E-state index contributed by atoms with van der Waals surface area (Å²) in [6.45, 7) is 10.8. The van der Waals surface area contributed by atoms with Crippen LogP contribution in [0.3, 0.4) is 0 Å². The minimum atomic E-state index is -0.359. The van der Waals surface area contributed by atoms with E-state index in [1.807, 2.05) is 12.1 Å². The fraction of sp³-hybridized carbons (Fsp3) is 0.321. The normalized spacial score (nSPS) is 18.9. The van der Waals surface area contributed by atoms with Gasteiger partial charge < -0.3 is 26.7 Å². The minimum Gasteiger partial charge on any atom is -0.399 e. The van der Waals surface area contributed by atoms with Crippen LogP contribution in [0.5, 0.6) is 5.75 Å². The molecule has 10 heteroatoms. The van der Waals surface area contributed by atoms with E-state index in [4.69, 9.17) is 26.2 Å². The Bertz CT molecular complexity index is 2620. The molecule has 63 heavy (non-hydrogen) atoms. The lowest BCUT2D eigenvalue weighted by atomic mass is 9.78. The number of carbonyl (C=O) groups is 1. The SMILES string of the molecule is CC1(C)C(/C=C/C2=C(Sc3ccc(N)cc3)C(=C/C=C3/N(CCCCS)c4ccc5ccccc5c4C3(C)C)/CC(C(N)=O)C2)=[O+]c2ccc3ccccc3c21.NCCCCSO. The quantitative estimate of drug-likeness (QED) is 0.0187. The van der Waals surface area contributed by atoms with Gasteiger partial charge in [0.2, 0.25) is 5.91 Å². The highest BCUT2D eigenvalue weighted by molar-refractivity contribution is 8.03. The summed E-state index contributed by atoms with van der Waals surface area (Å²) in [6.07, 6.45) is 14.0. The van der Waals surface area contributed by atoms with Gasteiger partial charge in [0, 0.05) is 62.6 Å². The molecule has 1 amide bonds. The number of fused-ring (bicyclic) bond motifs is 6. The Morgan fingerprint density at radius 2 is 1.51 bits per heavy atom. The van der Waals surface area contributed by atoms with E-state index in [2.05, 4.69) is 154 Å². The van der Waals surface area contributed by atoms with Crippen molar-refractivity contribution in [1.29, 1.82) is 0 Å². The van der Waals surface area contributed by atoms with Crippen LogP contribution in [-0.4, -0.2) is 40.8 Å². The maximum Gasteiger partial charge on any atom is 0.358 e. The molecule has 0 saturated carbocycles. The molecular formula is C53H61N4O3S3+. The molecule has 1 aliphatic carbocycles. The molecule has 5 aromatic rings. The molecule has 2 aliphatic heterocycles. The van der Waals surface area contributed by atoms with Gasteiger partial charge in [0.15, 0.2) is 0 Å². The average Bonchev–Trinajstić information content (AvgIpc) is 3.67. The van der Waals surface area contributed by atoms with Crippen molar-refractivity contribution in [2.45, 2.75) is 81.9 Å². The molecule has 0 saturated heterocycles. The second-order valence-electron chi connectivity index (χ2n) is 17.6. The van der Waals surface area contributed by atoms with Crippen molar-refractivity contribution in [3.8, 4) is 5.75 Å².